The van der Waals surface area contributed by atoms with Crippen LogP contribution in [0.15, 0.2) is 60.7 Å². The molecule has 18 heavy (non-hydrogen) atoms. The molecule has 0 N–H and O–H groups in total. The first-order valence-corrected chi connectivity index (χ1v) is 6.23. The maximum Gasteiger partial charge on any atom is 0.120 e. The monoisotopic (exact) mass is 239 g/mol. The van der Waals surface area contributed by atoms with E-state index >= 15 is 0 Å². The Morgan fingerprint density at radius 2 is 1.33 bits per heavy atom. The molecule has 0 aromatic heterocycles. The summed E-state index contributed by atoms with van der Waals surface area (Å²) in [5.41, 5.74) is 2.32. The van der Waals surface area contributed by atoms with Crippen LogP contribution in [0, 0.1) is 0 Å². The van der Waals surface area contributed by atoms with E-state index in [1.54, 1.807) is 0 Å². The van der Waals surface area contributed by atoms with E-state index in [2.05, 4.69) is 29.2 Å². The van der Waals surface area contributed by atoms with Gasteiger partial charge in [-0.05, 0) is 30.7 Å². The summed E-state index contributed by atoms with van der Waals surface area (Å²) in [5.74, 6) is 0. The highest BCUT2D eigenvalue weighted by atomic mass is 16.1. The zero-order chi connectivity index (χ0) is 12.6. The second-order valence-corrected chi connectivity index (χ2v) is 4.13. The third-order valence-electron chi connectivity index (χ3n) is 2.84. The second-order valence-electron chi connectivity index (χ2n) is 4.13. The topological polar surface area (TPSA) is 20.3 Å². The van der Waals surface area contributed by atoms with Crippen LogP contribution in [-0.2, 0) is 4.79 Å². The fraction of sp³-hybridized carbons (Fsp3) is 0.188. The molecule has 2 aromatic rings. The van der Waals surface area contributed by atoms with Crippen LogP contribution in [0.4, 0.5) is 11.4 Å². The van der Waals surface area contributed by atoms with Crippen LogP contribution in [0.3, 0.4) is 0 Å². The Kier molecular flexibility index (Phi) is 4.53. The molecular formula is C16H17NO. The van der Waals surface area contributed by atoms with Gasteiger partial charge < -0.3 is 9.69 Å². The largest absolute Gasteiger partial charge is 0.341 e. The summed E-state index contributed by atoms with van der Waals surface area (Å²) in [7, 11) is 0. The van der Waals surface area contributed by atoms with Gasteiger partial charge in [-0.1, -0.05) is 36.4 Å². The molecule has 0 atom stereocenters. The van der Waals surface area contributed by atoms with E-state index < -0.39 is 0 Å². The molecule has 0 amide bonds. The van der Waals surface area contributed by atoms with Gasteiger partial charge in [-0.25, -0.2) is 0 Å². The molecule has 0 aliphatic rings. The Bertz CT molecular complexity index is 427. The maximum absolute atomic E-state index is 10.4. The number of anilines is 2. The smallest absolute Gasteiger partial charge is 0.120 e. The van der Waals surface area contributed by atoms with E-state index in [9.17, 15) is 4.79 Å². The Hall–Kier alpha value is -2.09. The fourth-order valence-corrected chi connectivity index (χ4v) is 1.96. The highest BCUT2D eigenvalue weighted by Gasteiger charge is 2.07. The first kappa shape index (κ1) is 12.4. The van der Waals surface area contributed by atoms with Gasteiger partial charge in [-0.15, -0.1) is 0 Å². The van der Waals surface area contributed by atoms with Crippen molar-refractivity contribution in [1.29, 1.82) is 0 Å². The molecule has 2 nitrogen and oxygen atoms in total. The van der Waals surface area contributed by atoms with Crippen molar-refractivity contribution in [2.45, 2.75) is 12.8 Å². The van der Waals surface area contributed by atoms with Gasteiger partial charge in [0, 0.05) is 24.3 Å². The number of carbonyl (C=O) groups excluding carboxylic acids is 1. The van der Waals surface area contributed by atoms with Crippen molar-refractivity contribution in [1.82, 2.24) is 0 Å². The van der Waals surface area contributed by atoms with Crippen LogP contribution in [-0.4, -0.2) is 12.8 Å². The lowest BCUT2D eigenvalue weighted by molar-refractivity contribution is -0.107. The molecule has 0 spiro atoms. The molecule has 92 valence electrons. The van der Waals surface area contributed by atoms with Crippen LogP contribution in [0.1, 0.15) is 12.8 Å². The zero-order valence-electron chi connectivity index (χ0n) is 10.3. The van der Waals surface area contributed by atoms with Crippen molar-refractivity contribution in [2.75, 3.05) is 11.4 Å². The first-order chi connectivity index (χ1) is 8.92. The number of rotatable bonds is 6. The van der Waals surface area contributed by atoms with Crippen molar-refractivity contribution in [3.8, 4) is 0 Å². The number of carbonyl (C=O) groups is 1. The maximum atomic E-state index is 10.4. The highest BCUT2D eigenvalue weighted by molar-refractivity contribution is 5.63. The Morgan fingerprint density at radius 1 is 0.833 bits per heavy atom. The van der Waals surface area contributed by atoms with E-state index in [4.69, 9.17) is 0 Å². The van der Waals surface area contributed by atoms with Gasteiger partial charge in [0.2, 0.25) is 0 Å². The number of unbranched alkanes of at least 4 members (excludes halogenated alkanes) is 1. The normalized spacial score (nSPS) is 10.0. The predicted molar refractivity (Wildman–Crippen MR) is 75.2 cm³/mol. The summed E-state index contributed by atoms with van der Waals surface area (Å²) in [6.45, 7) is 0.854. The van der Waals surface area contributed by atoms with Crippen molar-refractivity contribution < 1.29 is 4.79 Å². The summed E-state index contributed by atoms with van der Waals surface area (Å²) >= 11 is 0. The number of aldehydes is 1. The molecule has 0 unspecified atom stereocenters. The molecule has 0 heterocycles. The van der Waals surface area contributed by atoms with Gasteiger partial charge in [0.05, 0.1) is 0 Å². The quantitative estimate of drug-likeness (QED) is 0.564. The van der Waals surface area contributed by atoms with E-state index in [-0.39, 0.29) is 0 Å². The molecule has 2 rings (SSSR count). The molecule has 0 bridgehead atoms. The lowest BCUT2D eigenvalue weighted by Gasteiger charge is -2.24. The minimum atomic E-state index is 0.607. The van der Waals surface area contributed by atoms with Gasteiger partial charge in [-0.2, -0.15) is 0 Å². The van der Waals surface area contributed by atoms with Crippen LogP contribution in [0.2, 0.25) is 0 Å². The molecule has 0 saturated heterocycles. The van der Waals surface area contributed by atoms with E-state index in [1.807, 2.05) is 36.4 Å². The lowest BCUT2D eigenvalue weighted by Crippen LogP contribution is -2.18. The number of nitrogens with zero attached hydrogens (tertiary/aromatic N) is 1. The van der Waals surface area contributed by atoms with Crippen molar-refractivity contribution in [2.24, 2.45) is 0 Å². The molecule has 0 aliphatic carbocycles. The molecule has 0 fully saturated rings. The second kappa shape index (κ2) is 6.60. The van der Waals surface area contributed by atoms with Crippen LogP contribution in [0.25, 0.3) is 0 Å². The number of benzene rings is 2. The summed E-state index contributed by atoms with van der Waals surface area (Å²) in [6, 6.07) is 20.5. The minimum absolute atomic E-state index is 0.607. The standard InChI is InChI=1S/C16H17NO/c18-14-8-7-13-17(15-9-3-1-4-10-15)16-11-5-2-6-12-16/h1-6,9-12,14H,7-8,13H2. The van der Waals surface area contributed by atoms with Crippen molar-refractivity contribution in [3.05, 3.63) is 60.7 Å². The molecule has 0 radical (unpaired) electrons. The number of hydrogen-bond acceptors (Lipinski definition) is 2. The van der Waals surface area contributed by atoms with Crippen molar-refractivity contribution in [3.63, 3.8) is 0 Å². The van der Waals surface area contributed by atoms with Crippen LogP contribution in [0.5, 0.6) is 0 Å². The molecule has 0 saturated carbocycles. The minimum Gasteiger partial charge on any atom is -0.341 e. The summed E-state index contributed by atoms with van der Waals surface area (Å²) in [6.07, 6.45) is 2.46. The van der Waals surface area contributed by atoms with Gasteiger partial charge in [-0.3, -0.25) is 0 Å². The van der Waals surface area contributed by atoms with E-state index in [0.717, 1.165) is 30.6 Å². The Balaban J connectivity index is 2.21. The van der Waals surface area contributed by atoms with Gasteiger partial charge in [0.15, 0.2) is 0 Å². The van der Waals surface area contributed by atoms with E-state index in [1.165, 1.54) is 0 Å². The molecule has 0 aliphatic heterocycles. The van der Waals surface area contributed by atoms with E-state index in [0.29, 0.717) is 6.42 Å². The molecular weight excluding hydrogens is 222 g/mol. The van der Waals surface area contributed by atoms with Gasteiger partial charge in [0.1, 0.15) is 6.29 Å². The zero-order valence-corrected chi connectivity index (χ0v) is 10.3. The third-order valence-corrected chi connectivity index (χ3v) is 2.84. The van der Waals surface area contributed by atoms with Crippen LogP contribution >= 0.6 is 0 Å². The van der Waals surface area contributed by atoms with Crippen LogP contribution < -0.4 is 4.90 Å². The van der Waals surface area contributed by atoms with Crippen molar-refractivity contribution >= 4 is 17.7 Å². The summed E-state index contributed by atoms with van der Waals surface area (Å²) in [5, 5.41) is 0. The lowest BCUT2D eigenvalue weighted by atomic mass is 10.2. The summed E-state index contributed by atoms with van der Waals surface area (Å²) in [4.78, 5) is 12.7. The Labute approximate surface area is 108 Å². The molecule has 2 heteroatoms. The average molecular weight is 239 g/mol. The molecule has 2 aromatic carbocycles. The Morgan fingerprint density at radius 3 is 1.78 bits per heavy atom. The number of hydrogen-bond donors (Lipinski definition) is 0. The number of para-hydroxylation sites is 2. The third kappa shape index (κ3) is 3.20. The first-order valence-electron chi connectivity index (χ1n) is 6.23. The summed E-state index contributed by atoms with van der Waals surface area (Å²) < 4.78 is 0. The average Bonchev–Trinajstić information content (AvgIpc) is 2.46. The predicted octanol–water partition coefficient (Wildman–Crippen LogP) is 3.80. The SMILES string of the molecule is O=CCCCN(c1ccccc1)c1ccccc1. The fourth-order valence-electron chi connectivity index (χ4n) is 1.96. The van der Waals surface area contributed by atoms with Gasteiger partial charge >= 0.3 is 0 Å². The highest BCUT2D eigenvalue weighted by Crippen LogP contribution is 2.24. The van der Waals surface area contributed by atoms with Gasteiger partial charge in [0.25, 0.3) is 0 Å².